The van der Waals surface area contributed by atoms with E-state index in [0.29, 0.717) is 12.5 Å². The van der Waals surface area contributed by atoms with Crippen molar-refractivity contribution >= 4 is 5.97 Å². The van der Waals surface area contributed by atoms with Crippen LogP contribution in [0.3, 0.4) is 0 Å². The van der Waals surface area contributed by atoms with Crippen LogP contribution in [0.5, 0.6) is 5.75 Å². The summed E-state index contributed by atoms with van der Waals surface area (Å²) in [7, 11) is 0. The van der Waals surface area contributed by atoms with Gasteiger partial charge in [0.1, 0.15) is 18.4 Å². The van der Waals surface area contributed by atoms with Gasteiger partial charge in [0.05, 0.1) is 6.61 Å². The molecule has 1 atom stereocenters. The number of ether oxygens (including phenoxy) is 2. The lowest BCUT2D eigenvalue weighted by Crippen LogP contribution is -2.45. The number of carbonyl (C=O) groups is 1. The van der Waals surface area contributed by atoms with Crippen LogP contribution < -0.4 is 10.1 Å². The molecule has 0 saturated heterocycles. The van der Waals surface area contributed by atoms with Gasteiger partial charge in [-0.2, -0.15) is 0 Å². The van der Waals surface area contributed by atoms with Crippen molar-refractivity contribution in [1.82, 2.24) is 5.32 Å². The number of benzene rings is 1. The van der Waals surface area contributed by atoms with Gasteiger partial charge in [0.2, 0.25) is 0 Å². The zero-order chi connectivity index (χ0) is 15.8. The summed E-state index contributed by atoms with van der Waals surface area (Å²) in [6.45, 7) is 10.7. The summed E-state index contributed by atoms with van der Waals surface area (Å²) in [6, 6.07) is 7.71. The van der Waals surface area contributed by atoms with E-state index >= 15 is 0 Å². The van der Waals surface area contributed by atoms with E-state index in [0.717, 1.165) is 5.75 Å². The van der Waals surface area contributed by atoms with Gasteiger partial charge in [0.15, 0.2) is 0 Å². The number of carbonyl (C=O) groups excluding carboxylic acids is 1. The number of hydrogen-bond acceptors (Lipinski definition) is 4. The third-order valence-electron chi connectivity index (χ3n) is 3.07. The van der Waals surface area contributed by atoms with Crippen LogP contribution in [-0.2, 0) is 9.53 Å². The maximum Gasteiger partial charge on any atom is 0.326 e. The molecule has 0 aliphatic heterocycles. The second-order valence-corrected chi connectivity index (χ2v) is 5.66. The van der Waals surface area contributed by atoms with Crippen LogP contribution in [0.1, 0.15) is 46.1 Å². The molecule has 1 N–H and O–H groups in total. The second-order valence-electron chi connectivity index (χ2n) is 5.66. The van der Waals surface area contributed by atoms with Gasteiger partial charge >= 0.3 is 5.97 Å². The van der Waals surface area contributed by atoms with Gasteiger partial charge < -0.3 is 9.47 Å². The molecule has 0 amide bonds. The Bertz CT molecular complexity index is 426. The topological polar surface area (TPSA) is 47.6 Å². The fourth-order valence-electron chi connectivity index (χ4n) is 1.96. The highest BCUT2D eigenvalue weighted by Gasteiger charge is 2.21. The SMILES string of the molecule is CCOC(=O)C(COc1ccc(C(C)C)cc1)NC(C)C. The van der Waals surface area contributed by atoms with Gasteiger partial charge in [-0.3, -0.25) is 10.1 Å². The molecule has 0 spiro atoms. The third-order valence-corrected chi connectivity index (χ3v) is 3.07. The van der Waals surface area contributed by atoms with E-state index in [9.17, 15) is 4.79 Å². The lowest BCUT2D eigenvalue weighted by atomic mass is 10.0. The van der Waals surface area contributed by atoms with Crippen molar-refractivity contribution in [2.75, 3.05) is 13.2 Å². The monoisotopic (exact) mass is 293 g/mol. The zero-order valence-electron chi connectivity index (χ0n) is 13.7. The molecule has 4 nitrogen and oxygen atoms in total. The molecule has 1 unspecified atom stereocenters. The molecule has 1 rings (SSSR count). The molecule has 0 aliphatic rings. The number of hydrogen-bond donors (Lipinski definition) is 1. The number of esters is 1. The van der Waals surface area contributed by atoms with Crippen LogP contribution in [0.4, 0.5) is 0 Å². The standard InChI is InChI=1S/C17H27NO3/c1-6-20-17(19)16(18-13(4)5)11-21-15-9-7-14(8-10-15)12(2)3/h7-10,12-13,16,18H,6,11H2,1-5H3. The minimum Gasteiger partial charge on any atom is -0.491 e. The Kier molecular flexibility index (Phi) is 7.23. The van der Waals surface area contributed by atoms with E-state index in [1.807, 2.05) is 26.0 Å². The summed E-state index contributed by atoms with van der Waals surface area (Å²) < 4.78 is 10.8. The van der Waals surface area contributed by atoms with Gasteiger partial charge in [-0.1, -0.05) is 39.8 Å². The predicted molar refractivity (Wildman–Crippen MR) is 84.7 cm³/mol. The fraction of sp³-hybridized carbons (Fsp3) is 0.588. The van der Waals surface area contributed by atoms with Crippen LogP contribution in [0, 0.1) is 0 Å². The van der Waals surface area contributed by atoms with E-state index in [-0.39, 0.29) is 18.6 Å². The molecule has 0 fully saturated rings. The van der Waals surface area contributed by atoms with Crippen LogP contribution in [-0.4, -0.2) is 31.3 Å². The molecule has 0 radical (unpaired) electrons. The first-order valence-corrected chi connectivity index (χ1v) is 7.59. The van der Waals surface area contributed by atoms with E-state index in [2.05, 4.69) is 31.3 Å². The Morgan fingerprint density at radius 2 is 1.76 bits per heavy atom. The van der Waals surface area contributed by atoms with Gasteiger partial charge in [-0.25, -0.2) is 0 Å². The van der Waals surface area contributed by atoms with Crippen molar-refractivity contribution < 1.29 is 14.3 Å². The first-order chi connectivity index (χ1) is 9.93. The normalized spacial score (nSPS) is 12.5. The lowest BCUT2D eigenvalue weighted by Gasteiger charge is -2.20. The molecular weight excluding hydrogens is 266 g/mol. The largest absolute Gasteiger partial charge is 0.491 e. The van der Waals surface area contributed by atoms with Crippen molar-refractivity contribution in [3.05, 3.63) is 29.8 Å². The Morgan fingerprint density at radius 3 is 2.24 bits per heavy atom. The Hall–Kier alpha value is -1.55. The molecule has 118 valence electrons. The van der Waals surface area contributed by atoms with E-state index in [1.54, 1.807) is 6.92 Å². The minimum absolute atomic E-state index is 0.186. The van der Waals surface area contributed by atoms with Crippen molar-refractivity contribution in [3.8, 4) is 5.75 Å². The first-order valence-electron chi connectivity index (χ1n) is 7.59. The summed E-state index contributed by atoms with van der Waals surface area (Å²) in [5, 5.41) is 3.16. The lowest BCUT2D eigenvalue weighted by molar-refractivity contribution is -0.146. The summed E-state index contributed by atoms with van der Waals surface area (Å²) in [5.41, 5.74) is 1.27. The molecule has 0 aromatic heterocycles. The first kappa shape index (κ1) is 17.5. The average Bonchev–Trinajstić information content (AvgIpc) is 2.43. The summed E-state index contributed by atoms with van der Waals surface area (Å²) in [4.78, 5) is 11.9. The van der Waals surface area contributed by atoms with Crippen LogP contribution >= 0.6 is 0 Å². The summed E-state index contributed by atoms with van der Waals surface area (Å²) in [6.07, 6.45) is 0. The summed E-state index contributed by atoms with van der Waals surface area (Å²) in [5.74, 6) is 0.984. The third kappa shape index (κ3) is 6.17. The molecule has 1 aromatic carbocycles. The van der Waals surface area contributed by atoms with Crippen molar-refractivity contribution in [3.63, 3.8) is 0 Å². The van der Waals surface area contributed by atoms with Crippen LogP contribution in [0.15, 0.2) is 24.3 Å². The molecule has 4 heteroatoms. The number of rotatable bonds is 8. The Labute approximate surface area is 127 Å². The molecule has 0 aliphatic carbocycles. The minimum atomic E-state index is -0.449. The molecule has 0 bridgehead atoms. The number of nitrogens with one attached hydrogen (secondary N) is 1. The van der Waals surface area contributed by atoms with Crippen molar-refractivity contribution in [1.29, 1.82) is 0 Å². The molecule has 0 saturated carbocycles. The van der Waals surface area contributed by atoms with Crippen LogP contribution in [0.25, 0.3) is 0 Å². The quantitative estimate of drug-likeness (QED) is 0.748. The maximum absolute atomic E-state index is 11.9. The van der Waals surface area contributed by atoms with Gasteiger partial charge in [-0.15, -0.1) is 0 Å². The molecule has 21 heavy (non-hydrogen) atoms. The Balaban J connectivity index is 2.61. The molecular formula is C17H27NO3. The zero-order valence-corrected chi connectivity index (χ0v) is 13.7. The molecule has 1 aromatic rings. The van der Waals surface area contributed by atoms with Crippen molar-refractivity contribution in [2.24, 2.45) is 0 Å². The average molecular weight is 293 g/mol. The fourth-order valence-corrected chi connectivity index (χ4v) is 1.96. The predicted octanol–water partition coefficient (Wildman–Crippen LogP) is 3.12. The summed E-state index contributed by atoms with van der Waals surface area (Å²) >= 11 is 0. The molecule has 0 heterocycles. The van der Waals surface area contributed by atoms with Crippen molar-refractivity contribution in [2.45, 2.75) is 52.6 Å². The van der Waals surface area contributed by atoms with Crippen LogP contribution in [0.2, 0.25) is 0 Å². The van der Waals surface area contributed by atoms with E-state index in [4.69, 9.17) is 9.47 Å². The van der Waals surface area contributed by atoms with E-state index in [1.165, 1.54) is 5.56 Å². The smallest absolute Gasteiger partial charge is 0.326 e. The highest BCUT2D eigenvalue weighted by molar-refractivity contribution is 5.76. The van der Waals surface area contributed by atoms with Gasteiger partial charge in [0.25, 0.3) is 0 Å². The highest BCUT2D eigenvalue weighted by atomic mass is 16.5. The van der Waals surface area contributed by atoms with E-state index < -0.39 is 6.04 Å². The van der Waals surface area contributed by atoms with Gasteiger partial charge in [0, 0.05) is 6.04 Å². The Morgan fingerprint density at radius 1 is 1.14 bits per heavy atom. The maximum atomic E-state index is 11.9. The second kappa shape index (κ2) is 8.67. The van der Waals surface area contributed by atoms with Gasteiger partial charge in [-0.05, 0) is 30.5 Å². The highest BCUT2D eigenvalue weighted by Crippen LogP contribution is 2.18.